The molecule has 0 saturated carbocycles. The summed E-state index contributed by atoms with van der Waals surface area (Å²) >= 11 is 0. The molecule has 182 valence electrons. The zero-order valence-electron chi connectivity index (χ0n) is 19.7. The number of hydrogen-bond donors (Lipinski definition) is 2. The number of carbonyl (C=O) groups is 1. The van der Waals surface area contributed by atoms with Crippen molar-refractivity contribution < 1.29 is 14.1 Å². The smallest absolute Gasteiger partial charge is 0.260 e. The first-order valence-corrected chi connectivity index (χ1v) is 11.2. The molecular weight excluding hydrogens is 474 g/mol. The van der Waals surface area contributed by atoms with E-state index < -0.39 is 0 Å². The second-order valence-electron chi connectivity index (χ2n) is 8.23. The fourth-order valence-electron chi connectivity index (χ4n) is 3.81. The van der Waals surface area contributed by atoms with Gasteiger partial charge in [0.05, 0.1) is 11.7 Å². The Morgan fingerprint density at radius 2 is 1.89 bits per heavy atom. The van der Waals surface area contributed by atoms with Gasteiger partial charge in [-0.2, -0.15) is 0 Å². The third-order valence-electron chi connectivity index (χ3n) is 5.70. The first kappa shape index (κ1) is 22.1. The van der Waals surface area contributed by atoms with Crippen LogP contribution in [0, 0.1) is 13.8 Å². The second-order valence-corrected chi connectivity index (χ2v) is 8.23. The lowest BCUT2D eigenvalue weighted by Crippen LogP contribution is -2.12. The van der Waals surface area contributed by atoms with Crippen molar-refractivity contribution >= 4 is 39.6 Å². The highest BCUT2D eigenvalue weighted by molar-refractivity contribution is 6.06. The summed E-state index contributed by atoms with van der Waals surface area (Å²) in [7, 11) is 0. The molecule has 2 N–H and O–H groups in total. The van der Waals surface area contributed by atoms with Crippen LogP contribution >= 0.6 is 0 Å². The van der Waals surface area contributed by atoms with Crippen molar-refractivity contribution in [2.75, 3.05) is 10.6 Å². The predicted molar refractivity (Wildman–Crippen MR) is 134 cm³/mol. The summed E-state index contributed by atoms with van der Waals surface area (Å²) in [6.07, 6.45) is 6.05. The molecule has 12 heteroatoms. The Morgan fingerprint density at radius 3 is 2.73 bits per heavy atom. The van der Waals surface area contributed by atoms with Gasteiger partial charge in [0.25, 0.3) is 5.91 Å². The van der Waals surface area contributed by atoms with E-state index in [2.05, 4.69) is 40.9 Å². The molecule has 6 aromatic rings. The quantitative estimate of drug-likeness (QED) is 0.341. The summed E-state index contributed by atoms with van der Waals surface area (Å²) in [4.78, 5) is 25.6. The monoisotopic (exact) mass is 493 g/mol. The van der Waals surface area contributed by atoms with E-state index in [1.54, 1.807) is 36.1 Å². The zero-order chi connectivity index (χ0) is 25.4. The molecular formula is C25H19N9O3. The average Bonchev–Trinajstić information content (AvgIpc) is 3.54. The normalized spacial score (nSPS) is 11.1. The van der Waals surface area contributed by atoms with Crippen molar-refractivity contribution in [3.63, 3.8) is 0 Å². The number of aryl methyl sites for hydroxylation is 2. The number of ether oxygens (including phenoxy) is 1. The molecule has 0 unspecified atom stereocenters. The maximum Gasteiger partial charge on any atom is 0.260 e. The van der Waals surface area contributed by atoms with Crippen LogP contribution in [0.5, 0.6) is 11.6 Å². The second kappa shape index (κ2) is 9.00. The van der Waals surface area contributed by atoms with Crippen LogP contribution in [-0.2, 0) is 0 Å². The topological polar surface area (TPSA) is 145 Å². The van der Waals surface area contributed by atoms with Gasteiger partial charge in [-0.1, -0.05) is 5.16 Å². The molecule has 1 amide bonds. The number of anilines is 3. The fourth-order valence-corrected chi connectivity index (χ4v) is 3.81. The molecule has 0 fully saturated rings. The van der Waals surface area contributed by atoms with Crippen molar-refractivity contribution in [2.24, 2.45) is 0 Å². The van der Waals surface area contributed by atoms with Gasteiger partial charge in [0.2, 0.25) is 5.88 Å². The van der Waals surface area contributed by atoms with E-state index in [0.717, 1.165) is 22.2 Å². The third kappa shape index (κ3) is 4.38. The van der Waals surface area contributed by atoms with E-state index in [1.165, 1.54) is 12.5 Å². The van der Waals surface area contributed by atoms with Gasteiger partial charge in [-0.15, -0.1) is 10.2 Å². The van der Waals surface area contributed by atoms with E-state index in [9.17, 15) is 4.79 Å². The molecule has 0 atom stereocenters. The molecule has 0 spiro atoms. The van der Waals surface area contributed by atoms with Crippen LogP contribution in [0.15, 0.2) is 72.2 Å². The van der Waals surface area contributed by atoms with Crippen LogP contribution in [0.1, 0.15) is 21.7 Å². The van der Waals surface area contributed by atoms with E-state index in [1.807, 2.05) is 37.3 Å². The SMILES string of the molecule is Cc1cc(Nc2ncnc3ccc(NC(=O)c4cnoc4C)cc23)ccc1Oc1cc2nncn2cn1. The Bertz CT molecular complexity index is 1780. The standard InChI is InChI=1S/C25H19N9O3/c1-14-7-16(4-6-21(14)36-23-9-22-33-29-13-34(22)12-28-23)31-24-18-8-17(3-5-20(18)26-11-27-24)32-25(35)19-10-30-37-15(19)2/h3-13H,1-2H3,(H,32,35)(H,26,27,31). The van der Waals surface area contributed by atoms with Crippen LogP contribution in [-0.4, -0.2) is 40.6 Å². The molecule has 0 radical (unpaired) electrons. The van der Waals surface area contributed by atoms with Crippen LogP contribution in [0.25, 0.3) is 16.6 Å². The van der Waals surface area contributed by atoms with E-state index in [4.69, 9.17) is 9.26 Å². The summed E-state index contributed by atoms with van der Waals surface area (Å²) in [6.45, 7) is 3.62. The maximum atomic E-state index is 12.6. The molecule has 4 heterocycles. The first-order valence-electron chi connectivity index (χ1n) is 11.2. The number of carbonyl (C=O) groups excluding carboxylic acids is 1. The highest BCUT2D eigenvalue weighted by Gasteiger charge is 2.14. The fraction of sp³-hybridized carbons (Fsp3) is 0.0800. The van der Waals surface area contributed by atoms with Gasteiger partial charge in [-0.05, 0) is 55.8 Å². The van der Waals surface area contributed by atoms with E-state index >= 15 is 0 Å². The van der Waals surface area contributed by atoms with Gasteiger partial charge < -0.3 is 19.9 Å². The number of fused-ring (bicyclic) bond motifs is 2. The van der Waals surface area contributed by atoms with Crippen LogP contribution in [0.4, 0.5) is 17.2 Å². The first-order chi connectivity index (χ1) is 18.0. The number of aromatic nitrogens is 7. The largest absolute Gasteiger partial charge is 0.439 e. The molecule has 4 aromatic heterocycles. The predicted octanol–water partition coefficient (Wildman–Crippen LogP) is 4.46. The number of rotatable bonds is 6. The average molecular weight is 493 g/mol. The van der Waals surface area contributed by atoms with Crippen molar-refractivity contribution in [1.29, 1.82) is 0 Å². The molecule has 6 rings (SSSR count). The molecule has 0 aliphatic rings. The van der Waals surface area contributed by atoms with Gasteiger partial charge in [0.1, 0.15) is 41.9 Å². The van der Waals surface area contributed by atoms with E-state index in [0.29, 0.717) is 40.1 Å². The van der Waals surface area contributed by atoms with Gasteiger partial charge in [0, 0.05) is 22.8 Å². The van der Waals surface area contributed by atoms with Gasteiger partial charge in [-0.3, -0.25) is 9.20 Å². The zero-order valence-corrected chi connectivity index (χ0v) is 19.7. The van der Waals surface area contributed by atoms with Crippen LogP contribution in [0.2, 0.25) is 0 Å². The number of hydrogen-bond acceptors (Lipinski definition) is 10. The van der Waals surface area contributed by atoms with Crippen molar-refractivity contribution in [3.05, 3.63) is 84.5 Å². The lowest BCUT2D eigenvalue weighted by atomic mass is 10.1. The Hall–Kier alpha value is -5.39. The van der Waals surface area contributed by atoms with Gasteiger partial charge in [-0.25, -0.2) is 15.0 Å². The summed E-state index contributed by atoms with van der Waals surface area (Å²) in [5.41, 5.74) is 4.03. The summed E-state index contributed by atoms with van der Waals surface area (Å²) < 4.78 is 12.6. The Labute approximate surface area is 209 Å². The highest BCUT2D eigenvalue weighted by Crippen LogP contribution is 2.30. The van der Waals surface area contributed by atoms with E-state index in [-0.39, 0.29) is 5.91 Å². The molecule has 12 nitrogen and oxygen atoms in total. The number of amides is 1. The molecule has 0 saturated heterocycles. The molecule has 0 aliphatic heterocycles. The lowest BCUT2D eigenvalue weighted by molar-refractivity contribution is 0.102. The third-order valence-corrected chi connectivity index (χ3v) is 5.70. The summed E-state index contributed by atoms with van der Waals surface area (Å²) in [5, 5.41) is 18.5. The molecule has 0 bridgehead atoms. The minimum atomic E-state index is -0.312. The Balaban J connectivity index is 1.23. The maximum absolute atomic E-state index is 12.6. The van der Waals surface area contributed by atoms with Crippen molar-refractivity contribution in [2.45, 2.75) is 13.8 Å². The minimum absolute atomic E-state index is 0.312. The number of benzene rings is 2. The van der Waals surface area contributed by atoms with Crippen molar-refractivity contribution in [1.82, 2.24) is 34.7 Å². The highest BCUT2D eigenvalue weighted by atomic mass is 16.5. The van der Waals surface area contributed by atoms with Crippen LogP contribution < -0.4 is 15.4 Å². The molecule has 0 aliphatic carbocycles. The molecule has 2 aromatic carbocycles. The van der Waals surface area contributed by atoms with Crippen LogP contribution in [0.3, 0.4) is 0 Å². The number of nitrogens with zero attached hydrogens (tertiary/aromatic N) is 7. The number of nitrogens with one attached hydrogen (secondary N) is 2. The summed E-state index contributed by atoms with van der Waals surface area (Å²) in [5.74, 6) is 1.80. The van der Waals surface area contributed by atoms with Crippen molar-refractivity contribution in [3.8, 4) is 11.6 Å². The minimum Gasteiger partial charge on any atom is -0.439 e. The lowest BCUT2D eigenvalue weighted by Gasteiger charge is -2.13. The Kier molecular flexibility index (Phi) is 5.37. The summed E-state index contributed by atoms with van der Waals surface area (Å²) in [6, 6.07) is 12.8. The van der Waals surface area contributed by atoms with Gasteiger partial charge >= 0.3 is 0 Å². The van der Waals surface area contributed by atoms with Gasteiger partial charge in [0.15, 0.2) is 5.65 Å². The Morgan fingerprint density at radius 1 is 1.00 bits per heavy atom. The molecule has 37 heavy (non-hydrogen) atoms.